The summed E-state index contributed by atoms with van der Waals surface area (Å²) in [6.07, 6.45) is -12.8. The highest BCUT2D eigenvalue weighted by Gasteiger charge is 2.66. The van der Waals surface area contributed by atoms with Crippen LogP contribution in [0.2, 0.25) is 0 Å². The summed E-state index contributed by atoms with van der Waals surface area (Å²) in [5, 5.41) is -0.675. The Morgan fingerprint density at radius 2 is 1.23 bits per heavy atom. The molecule has 0 heterocycles. The summed E-state index contributed by atoms with van der Waals surface area (Å²) in [5.74, 6) is -11.9. The topological polar surface area (TPSA) is 0 Å². The van der Waals surface area contributed by atoms with Crippen molar-refractivity contribution in [2.75, 3.05) is 0 Å². The van der Waals surface area contributed by atoms with Gasteiger partial charge in [0.1, 0.15) is 0 Å². The molecule has 26 heavy (non-hydrogen) atoms. The minimum Gasteiger partial charge on any atom is -0.336 e. The SMILES string of the molecule is FC(F)(F)C(F)(F)c1cc2ccccc2[c]([Mg][Cl])c1C(F)(F)C(F)(F)F. The van der Waals surface area contributed by atoms with E-state index in [1.807, 2.05) is 0 Å². The Morgan fingerprint density at radius 1 is 0.731 bits per heavy atom. The molecule has 2 aromatic rings. The molecule has 0 bridgehead atoms. The average molecular weight is 423 g/mol. The van der Waals surface area contributed by atoms with Gasteiger partial charge >= 0.3 is 43.5 Å². The molecule has 0 radical (unpaired) electrons. The molecule has 0 saturated heterocycles. The Hall–Kier alpha value is -0.944. The fraction of sp³-hybridized carbons (Fsp3) is 0.286. The van der Waals surface area contributed by atoms with Crippen LogP contribution in [-0.2, 0) is 11.8 Å². The third kappa shape index (κ3) is 3.33. The lowest BCUT2D eigenvalue weighted by Gasteiger charge is -2.30. The van der Waals surface area contributed by atoms with Crippen molar-refractivity contribution >= 4 is 42.8 Å². The molecule has 140 valence electrons. The van der Waals surface area contributed by atoms with Crippen LogP contribution in [-0.4, -0.2) is 31.6 Å². The number of hydrogen-bond donors (Lipinski definition) is 0. The minimum absolute atomic E-state index is 0.00224. The molecule has 12 heteroatoms. The van der Waals surface area contributed by atoms with Gasteiger partial charge in [0.25, 0.3) is 0 Å². The second-order valence-corrected chi connectivity index (χ2v) is 7.05. The number of benzene rings is 2. The van der Waals surface area contributed by atoms with E-state index >= 15 is 0 Å². The van der Waals surface area contributed by atoms with Gasteiger partial charge in [0.2, 0.25) is 0 Å². The molecule has 2 rings (SSSR count). The highest BCUT2D eigenvalue weighted by Crippen LogP contribution is 2.52. The Balaban J connectivity index is 3.07. The summed E-state index contributed by atoms with van der Waals surface area (Å²) < 4.78 is 131. The first-order chi connectivity index (χ1) is 11.7. The predicted octanol–water partition coefficient (Wildman–Crippen LogP) is 5.63. The first kappa shape index (κ1) is 21.4. The van der Waals surface area contributed by atoms with Gasteiger partial charge in [-0.05, 0) is 16.8 Å². The largest absolute Gasteiger partial charge is 0.539 e. The third-order valence-corrected chi connectivity index (χ3v) is 5.46. The smallest absolute Gasteiger partial charge is 0.336 e. The predicted molar refractivity (Wildman–Crippen MR) is 75.1 cm³/mol. The molecule has 0 atom stereocenters. The zero-order valence-corrected chi connectivity index (χ0v) is 14.4. The summed E-state index contributed by atoms with van der Waals surface area (Å²) in [5.41, 5.74) is -4.87. The van der Waals surface area contributed by atoms with E-state index in [-0.39, 0.29) is 16.8 Å². The molecule has 0 unspecified atom stereocenters. The number of fused-ring (bicyclic) bond motifs is 1. The van der Waals surface area contributed by atoms with Gasteiger partial charge in [0.05, 0.1) is 0 Å². The lowest BCUT2D eigenvalue weighted by Crippen LogP contribution is -2.44. The highest BCUT2D eigenvalue weighted by atomic mass is 35.5. The normalized spacial score (nSPS) is 13.8. The van der Waals surface area contributed by atoms with Crippen molar-refractivity contribution in [3.63, 3.8) is 0 Å². The van der Waals surface area contributed by atoms with E-state index in [0.29, 0.717) is 0 Å². The Morgan fingerprint density at radius 3 is 1.69 bits per heavy atom. The molecule has 0 amide bonds. The second kappa shape index (κ2) is 6.59. The fourth-order valence-electron chi connectivity index (χ4n) is 2.46. The van der Waals surface area contributed by atoms with Gasteiger partial charge in [-0.25, -0.2) is 0 Å². The second-order valence-electron chi connectivity index (χ2n) is 5.28. The minimum atomic E-state index is -6.39. The number of halogens is 11. The third-order valence-electron chi connectivity index (χ3n) is 3.65. The lowest BCUT2D eigenvalue weighted by molar-refractivity contribution is -0.301. The molecule has 0 nitrogen and oxygen atoms in total. The van der Waals surface area contributed by atoms with Crippen molar-refractivity contribution in [1.29, 1.82) is 0 Å². The van der Waals surface area contributed by atoms with E-state index < -0.39 is 58.3 Å². The van der Waals surface area contributed by atoms with Gasteiger partial charge in [0.15, 0.2) is 0 Å². The molecule has 0 saturated carbocycles. The van der Waals surface area contributed by atoms with E-state index in [0.717, 1.165) is 12.1 Å². The van der Waals surface area contributed by atoms with E-state index in [1.165, 1.54) is 12.1 Å². The van der Waals surface area contributed by atoms with Gasteiger partial charge in [-0.3, -0.25) is 0 Å². The molecule has 0 aliphatic carbocycles. The standard InChI is InChI=1S/C14H5F10.ClH.Mg/c15-11(16,13(19,20)21)9-5-7-3-1-2-4-8(7)6-10(9)12(17,18)14(22,23)24;;/h1-5H;1H;/q;;+1/p-1. The highest BCUT2D eigenvalue weighted by molar-refractivity contribution is 7.02. The molecule has 0 spiro atoms. The van der Waals surface area contributed by atoms with Gasteiger partial charge in [0, 0.05) is 11.1 Å². The van der Waals surface area contributed by atoms with Crippen molar-refractivity contribution in [3.8, 4) is 0 Å². The number of hydrogen-bond acceptors (Lipinski definition) is 0. The molecule has 0 N–H and O–H groups in total. The molecular formula is C14H5ClF10Mg. The van der Waals surface area contributed by atoms with Gasteiger partial charge in [-0.2, -0.15) is 43.9 Å². The van der Waals surface area contributed by atoms with E-state index in [4.69, 9.17) is 9.07 Å². The van der Waals surface area contributed by atoms with Crippen LogP contribution in [0.5, 0.6) is 0 Å². The van der Waals surface area contributed by atoms with Crippen molar-refractivity contribution in [2.45, 2.75) is 24.2 Å². The van der Waals surface area contributed by atoms with E-state index in [9.17, 15) is 43.9 Å². The van der Waals surface area contributed by atoms with Crippen LogP contribution in [0, 0.1) is 0 Å². The maximum absolute atomic E-state index is 14.0. The number of alkyl halides is 10. The maximum atomic E-state index is 14.0. The summed E-state index contributed by atoms with van der Waals surface area (Å²) in [7, 11) is 5.52. The van der Waals surface area contributed by atoms with Crippen LogP contribution in [0.3, 0.4) is 0 Å². The van der Waals surface area contributed by atoms with E-state index in [1.54, 1.807) is 0 Å². The summed E-state index contributed by atoms with van der Waals surface area (Å²) in [6.45, 7) is 0. The lowest BCUT2D eigenvalue weighted by atomic mass is 9.91. The zero-order chi connectivity index (χ0) is 20.1. The van der Waals surface area contributed by atoms with Crippen LogP contribution < -0.4 is 3.69 Å². The van der Waals surface area contributed by atoms with Gasteiger partial charge in [-0.1, -0.05) is 24.3 Å². The van der Waals surface area contributed by atoms with Crippen molar-refractivity contribution in [3.05, 3.63) is 41.5 Å². The monoisotopic (exact) mass is 422 g/mol. The van der Waals surface area contributed by atoms with E-state index in [2.05, 4.69) is 0 Å². The molecule has 0 aliphatic rings. The first-order valence-corrected chi connectivity index (χ1v) is 9.51. The molecule has 2 aromatic carbocycles. The quantitative estimate of drug-likeness (QED) is 0.444. The Bertz CT molecular complexity index is 825. The first-order valence-electron chi connectivity index (χ1n) is 6.67. The van der Waals surface area contributed by atoms with Crippen LogP contribution in [0.25, 0.3) is 10.8 Å². The zero-order valence-electron chi connectivity index (χ0n) is 12.3. The van der Waals surface area contributed by atoms with Crippen molar-refractivity contribution in [1.82, 2.24) is 0 Å². The maximum Gasteiger partial charge on any atom is 0.539 e. The van der Waals surface area contributed by atoms with Crippen molar-refractivity contribution in [2.24, 2.45) is 0 Å². The Kier molecular flexibility index (Phi) is 5.41. The van der Waals surface area contributed by atoms with Gasteiger partial charge < -0.3 is 9.07 Å². The summed E-state index contributed by atoms with van der Waals surface area (Å²) >= 11 is -2.53. The van der Waals surface area contributed by atoms with Crippen molar-refractivity contribution < 1.29 is 43.9 Å². The van der Waals surface area contributed by atoms with Crippen LogP contribution in [0.4, 0.5) is 43.9 Å². The Labute approximate surface area is 152 Å². The summed E-state index contributed by atoms with van der Waals surface area (Å²) in [4.78, 5) is 0. The fourth-order valence-corrected chi connectivity index (χ4v) is 4.31. The van der Waals surface area contributed by atoms with Crippen LogP contribution >= 0.6 is 9.07 Å². The molecule has 0 aromatic heterocycles. The molecular weight excluding hydrogens is 418 g/mol. The summed E-state index contributed by atoms with van der Waals surface area (Å²) in [6, 6.07) is 4.47. The molecule has 0 fully saturated rings. The van der Waals surface area contributed by atoms with Crippen LogP contribution in [0.15, 0.2) is 30.3 Å². The average Bonchev–Trinajstić information content (AvgIpc) is 2.50. The number of rotatable bonds is 3. The van der Waals surface area contributed by atoms with Gasteiger partial charge in [-0.15, -0.1) is 3.69 Å². The van der Waals surface area contributed by atoms with Crippen LogP contribution in [0.1, 0.15) is 11.1 Å². The molecule has 0 aliphatic heterocycles.